The Morgan fingerprint density at radius 2 is 1.65 bits per heavy atom. The standard InChI is InChI=1S/C14H11F4NO/c15-11-4-1-9(13(19)7-11)8-20-12-5-2-10(3-6-12)14(16,17)18/h1-7H,8,19H2. The van der Waals surface area contributed by atoms with Gasteiger partial charge in [0.1, 0.15) is 18.2 Å². The fraction of sp³-hybridized carbons (Fsp3) is 0.143. The summed E-state index contributed by atoms with van der Waals surface area (Å²) in [5.74, 6) is -0.178. The molecular weight excluding hydrogens is 274 g/mol. The van der Waals surface area contributed by atoms with Crippen molar-refractivity contribution in [3.8, 4) is 5.75 Å². The lowest BCUT2D eigenvalue weighted by Gasteiger charge is -2.10. The van der Waals surface area contributed by atoms with Gasteiger partial charge in [-0.1, -0.05) is 6.07 Å². The largest absolute Gasteiger partial charge is 0.489 e. The van der Waals surface area contributed by atoms with Gasteiger partial charge in [-0.15, -0.1) is 0 Å². The van der Waals surface area contributed by atoms with Gasteiger partial charge in [-0.25, -0.2) is 4.39 Å². The smallest absolute Gasteiger partial charge is 0.416 e. The molecule has 0 heterocycles. The molecule has 2 aromatic rings. The summed E-state index contributed by atoms with van der Waals surface area (Å²) in [6, 6.07) is 8.18. The molecule has 0 radical (unpaired) electrons. The minimum absolute atomic E-state index is 0.0531. The van der Waals surface area contributed by atoms with Crippen LogP contribution in [-0.2, 0) is 12.8 Å². The third-order valence-corrected chi connectivity index (χ3v) is 2.68. The van der Waals surface area contributed by atoms with Crippen molar-refractivity contribution in [1.82, 2.24) is 0 Å². The maximum Gasteiger partial charge on any atom is 0.416 e. The van der Waals surface area contributed by atoms with Crippen LogP contribution in [0.4, 0.5) is 23.2 Å². The second kappa shape index (κ2) is 5.40. The average molecular weight is 285 g/mol. The first-order valence-electron chi connectivity index (χ1n) is 5.70. The molecule has 106 valence electrons. The van der Waals surface area contributed by atoms with Crippen LogP contribution >= 0.6 is 0 Å². The zero-order valence-electron chi connectivity index (χ0n) is 10.2. The highest BCUT2D eigenvalue weighted by atomic mass is 19.4. The number of halogens is 4. The van der Waals surface area contributed by atoms with E-state index in [1.807, 2.05) is 0 Å². The van der Waals surface area contributed by atoms with Crippen molar-refractivity contribution in [2.75, 3.05) is 5.73 Å². The highest BCUT2D eigenvalue weighted by Gasteiger charge is 2.29. The molecule has 0 aliphatic carbocycles. The molecule has 2 aromatic carbocycles. The van der Waals surface area contributed by atoms with E-state index in [2.05, 4.69) is 0 Å². The van der Waals surface area contributed by atoms with Crippen LogP contribution in [0.2, 0.25) is 0 Å². The van der Waals surface area contributed by atoms with Crippen LogP contribution in [0.1, 0.15) is 11.1 Å². The van der Waals surface area contributed by atoms with Crippen molar-refractivity contribution in [3.05, 3.63) is 59.4 Å². The van der Waals surface area contributed by atoms with Crippen molar-refractivity contribution < 1.29 is 22.3 Å². The van der Waals surface area contributed by atoms with Gasteiger partial charge in [0.25, 0.3) is 0 Å². The third kappa shape index (κ3) is 3.40. The van der Waals surface area contributed by atoms with E-state index in [9.17, 15) is 17.6 Å². The van der Waals surface area contributed by atoms with Crippen LogP contribution in [-0.4, -0.2) is 0 Å². The Morgan fingerprint density at radius 3 is 2.20 bits per heavy atom. The molecule has 0 bridgehead atoms. The molecule has 0 aliphatic heterocycles. The fourth-order valence-electron chi connectivity index (χ4n) is 1.60. The van der Waals surface area contributed by atoms with Crippen molar-refractivity contribution in [3.63, 3.8) is 0 Å². The lowest BCUT2D eigenvalue weighted by atomic mass is 10.2. The number of ether oxygens (including phenoxy) is 1. The summed E-state index contributed by atoms with van der Waals surface area (Å²) in [7, 11) is 0. The van der Waals surface area contributed by atoms with Crippen LogP contribution in [0.25, 0.3) is 0 Å². The van der Waals surface area contributed by atoms with Crippen molar-refractivity contribution in [2.45, 2.75) is 12.8 Å². The van der Waals surface area contributed by atoms with Crippen LogP contribution in [0.15, 0.2) is 42.5 Å². The molecule has 0 aliphatic rings. The van der Waals surface area contributed by atoms with E-state index in [1.54, 1.807) is 0 Å². The molecule has 0 fully saturated rings. The minimum Gasteiger partial charge on any atom is -0.489 e. The number of benzene rings is 2. The first-order chi connectivity index (χ1) is 9.36. The first kappa shape index (κ1) is 14.2. The third-order valence-electron chi connectivity index (χ3n) is 2.68. The van der Waals surface area contributed by atoms with Gasteiger partial charge in [-0.05, 0) is 36.4 Å². The molecule has 2 rings (SSSR count). The van der Waals surface area contributed by atoms with Gasteiger partial charge < -0.3 is 10.5 Å². The van der Waals surface area contributed by atoms with Crippen molar-refractivity contribution >= 4 is 5.69 Å². The summed E-state index contributed by atoms with van der Waals surface area (Å²) < 4.78 is 55.3. The summed E-state index contributed by atoms with van der Waals surface area (Å²) in [5.41, 5.74) is 5.65. The number of alkyl halides is 3. The Hall–Kier alpha value is -2.24. The summed E-state index contributed by atoms with van der Waals surface area (Å²) in [4.78, 5) is 0. The molecule has 2 nitrogen and oxygen atoms in total. The topological polar surface area (TPSA) is 35.2 Å². The minimum atomic E-state index is -4.38. The second-order valence-electron chi connectivity index (χ2n) is 4.15. The zero-order chi connectivity index (χ0) is 14.8. The Labute approximate surface area is 112 Å². The van der Waals surface area contributed by atoms with Crippen LogP contribution in [0.3, 0.4) is 0 Å². The van der Waals surface area contributed by atoms with Gasteiger partial charge >= 0.3 is 6.18 Å². The number of hydrogen-bond donors (Lipinski definition) is 1. The van der Waals surface area contributed by atoms with E-state index in [0.717, 1.165) is 18.2 Å². The Balaban J connectivity index is 2.04. The van der Waals surface area contributed by atoms with Gasteiger partial charge in [0, 0.05) is 11.3 Å². The molecule has 0 aromatic heterocycles. The van der Waals surface area contributed by atoms with Gasteiger partial charge in [0.2, 0.25) is 0 Å². The van der Waals surface area contributed by atoms with E-state index >= 15 is 0 Å². The van der Waals surface area contributed by atoms with E-state index in [0.29, 0.717) is 5.56 Å². The molecule has 0 amide bonds. The molecule has 0 saturated heterocycles. The highest BCUT2D eigenvalue weighted by molar-refractivity contribution is 5.46. The first-order valence-corrected chi connectivity index (χ1v) is 5.70. The van der Waals surface area contributed by atoms with Gasteiger partial charge in [0.15, 0.2) is 0 Å². The predicted octanol–water partition coefficient (Wildman–Crippen LogP) is 4.01. The maximum atomic E-state index is 12.8. The molecular formula is C14H11F4NO. The number of anilines is 1. The van der Waals surface area contributed by atoms with Crippen LogP contribution in [0.5, 0.6) is 5.75 Å². The molecule has 0 atom stereocenters. The van der Waals surface area contributed by atoms with Crippen LogP contribution < -0.4 is 10.5 Å². The summed E-state index contributed by atoms with van der Waals surface area (Å²) >= 11 is 0. The van der Waals surface area contributed by atoms with Crippen LogP contribution in [0, 0.1) is 5.82 Å². The van der Waals surface area contributed by atoms with Gasteiger partial charge in [0.05, 0.1) is 5.56 Å². The number of nitrogens with two attached hydrogens (primary N) is 1. The highest BCUT2D eigenvalue weighted by Crippen LogP contribution is 2.30. The zero-order valence-corrected chi connectivity index (χ0v) is 10.2. The van der Waals surface area contributed by atoms with Gasteiger partial charge in [-0.3, -0.25) is 0 Å². The number of hydrogen-bond acceptors (Lipinski definition) is 2. The Morgan fingerprint density at radius 1 is 1.00 bits per heavy atom. The summed E-state index contributed by atoms with van der Waals surface area (Å²) in [5, 5.41) is 0. The molecule has 20 heavy (non-hydrogen) atoms. The van der Waals surface area contributed by atoms with E-state index < -0.39 is 17.6 Å². The fourth-order valence-corrected chi connectivity index (χ4v) is 1.60. The molecule has 0 spiro atoms. The molecule has 0 saturated carbocycles. The molecule has 0 unspecified atom stereocenters. The number of rotatable bonds is 3. The predicted molar refractivity (Wildman–Crippen MR) is 66.6 cm³/mol. The average Bonchev–Trinajstić information content (AvgIpc) is 2.37. The lowest BCUT2D eigenvalue weighted by molar-refractivity contribution is -0.137. The van der Waals surface area contributed by atoms with Gasteiger partial charge in [-0.2, -0.15) is 13.2 Å². The quantitative estimate of drug-likeness (QED) is 0.683. The Kier molecular flexibility index (Phi) is 3.83. The Bertz CT molecular complexity index is 593. The van der Waals surface area contributed by atoms with Crippen molar-refractivity contribution in [2.24, 2.45) is 0 Å². The second-order valence-corrected chi connectivity index (χ2v) is 4.15. The normalized spacial score (nSPS) is 11.4. The summed E-state index contributed by atoms with van der Waals surface area (Å²) in [6.45, 7) is 0.0531. The van der Waals surface area contributed by atoms with Crippen molar-refractivity contribution in [1.29, 1.82) is 0 Å². The molecule has 6 heteroatoms. The molecule has 2 N–H and O–H groups in total. The lowest BCUT2D eigenvalue weighted by Crippen LogP contribution is -2.05. The number of nitrogen functional groups attached to an aromatic ring is 1. The van der Waals surface area contributed by atoms with E-state index in [1.165, 1.54) is 24.3 Å². The maximum absolute atomic E-state index is 12.8. The monoisotopic (exact) mass is 285 g/mol. The summed E-state index contributed by atoms with van der Waals surface area (Å²) in [6.07, 6.45) is -4.38. The van der Waals surface area contributed by atoms with E-state index in [4.69, 9.17) is 10.5 Å². The van der Waals surface area contributed by atoms with E-state index in [-0.39, 0.29) is 18.0 Å². The SMILES string of the molecule is Nc1cc(F)ccc1COc1ccc(C(F)(F)F)cc1.